The van der Waals surface area contributed by atoms with E-state index in [0.29, 0.717) is 17.2 Å². The van der Waals surface area contributed by atoms with Crippen molar-refractivity contribution in [3.05, 3.63) is 78.4 Å². The van der Waals surface area contributed by atoms with Gasteiger partial charge in [-0.1, -0.05) is 54.2 Å². The van der Waals surface area contributed by atoms with Crippen molar-refractivity contribution in [1.29, 1.82) is 0 Å². The number of nitrogens with zero attached hydrogens (tertiary/aromatic N) is 2. The van der Waals surface area contributed by atoms with Gasteiger partial charge in [-0.3, -0.25) is 4.79 Å². The Bertz CT molecular complexity index is 1210. The van der Waals surface area contributed by atoms with Crippen molar-refractivity contribution in [2.75, 3.05) is 12.1 Å². The second-order valence-corrected chi connectivity index (χ2v) is 7.80. The van der Waals surface area contributed by atoms with E-state index in [2.05, 4.69) is 17.4 Å². The van der Waals surface area contributed by atoms with Crippen LogP contribution in [0.15, 0.2) is 78.0 Å². The zero-order valence-electron chi connectivity index (χ0n) is 16.1. The Morgan fingerprint density at radius 2 is 1.80 bits per heavy atom. The summed E-state index contributed by atoms with van der Waals surface area (Å²) in [6.45, 7) is 0.377. The highest BCUT2D eigenvalue weighted by Gasteiger charge is 2.17. The lowest BCUT2D eigenvalue weighted by Gasteiger charge is -2.10. The number of fused-ring (bicyclic) bond motifs is 2. The molecule has 150 valence electrons. The Labute approximate surface area is 177 Å². The van der Waals surface area contributed by atoms with Crippen LogP contribution < -0.4 is 14.8 Å². The van der Waals surface area contributed by atoms with Gasteiger partial charge < -0.3 is 19.4 Å². The average molecular weight is 417 g/mol. The van der Waals surface area contributed by atoms with E-state index in [-0.39, 0.29) is 19.2 Å². The quantitative estimate of drug-likeness (QED) is 0.461. The highest BCUT2D eigenvalue weighted by Crippen LogP contribution is 2.34. The summed E-state index contributed by atoms with van der Waals surface area (Å²) in [6.07, 6.45) is 0. The fourth-order valence-electron chi connectivity index (χ4n) is 3.36. The number of nitrogens with one attached hydrogen (secondary N) is 1. The molecule has 0 bridgehead atoms. The first-order chi connectivity index (χ1) is 14.8. The van der Waals surface area contributed by atoms with Gasteiger partial charge in [-0.2, -0.15) is 0 Å². The van der Waals surface area contributed by atoms with E-state index in [4.69, 9.17) is 14.5 Å². The number of benzene rings is 3. The molecule has 1 aromatic heterocycles. The second-order valence-electron chi connectivity index (χ2n) is 6.86. The van der Waals surface area contributed by atoms with Crippen LogP contribution in [0.4, 0.5) is 5.69 Å². The number of ether oxygens (including phenoxy) is 2. The summed E-state index contributed by atoms with van der Waals surface area (Å²) in [5, 5.41) is 3.76. The number of hydrogen-bond acceptors (Lipinski definition) is 5. The molecule has 1 aliphatic rings. The summed E-state index contributed by atoms with van der Waals surface area (Å²) in [4.78, 5) is 17.6. The number of aromatic nitrogens is 2. The lowest BCUT2D eigenvalue weighted by atomic mass is 10.2. The van der Waals surface area contributed by atoms with E-state index in [1.165, 1.54) is 5.56 Å². The molecule has 1 amide bonds. The molecule has 4 aromatic rings. The van der Waals surface area contributed by atoms with Crippen molar-refractivity contribution >= 4 is 34.4 Å². The average Bonchev–Trinajstić information content (AvgIpc) is 3.37. The Morgan fingerprint density at radius 3 is 2.70 bits per heavy atom. The van der Waals surface area contributed by atoms with Crippen molar-refractivity contribution in [3.8, 4) is 11.5 Å². The third-order valence-corrected chi connectivity index (χ3v) is 5.84. The Kier molecular flexibility index (Phi) is 5.03. The normalized spacial score (nSPS) is 12.3. The first kappa shape index (κ1) is 18.6. The van der Waals surface area contributed by atoms with Crippen LogP contribution >= 0.6 is 11.8 Å². The monoisotopic (exact) mass is 417 g/mol. The molecule has 0 atom stereocenters. The van der Waals surface area contributed by atoms with Crippen LogP contribution in [0.25, 0.3) is 11.0 Å². The molecule has 1 aliphatic heterocycles. The summed E-state index contributed by atoms with van der Waals surface area (Å²) < 4.78 is 12.7. The van der Waals surface area contributed by atoms with Crippen molar-refractivity contribution in [3.63, 3.8) is 0 Å². The predicted molar refractivity (Wildman–Crippen MR) is 117 cm³/mol. The van der Waals surface area contributed by atoms with Crippen molar-refractivity contribution < 1.29 is 14.3 Å². The zero-order chi connectivity index (χ0) is 20.3. The largest absolute Gasteiger partial charge is 0.454 e. The van der Waals surface area contributed by atoms with E-state index in [1.807, 2.05) is 53.1 Å². The fourth-order valence-corrected chi connectivity index (χ4v) is 4.33. The number of carbonyl (C=O) groups excluding carboxylic acids is 1. The lowest BCUT2D eigenvalue weighted by molar-refractivity contribution is -0.116. The van der Waals surface area contributed by atoms with Gasteiger partial charge in [0.2, 0.25) is 12.7 Å². The molecule has 0 aliphatic carbocycles. The van der Waals surface area contributed by atoms with Crippen LogP contribution in [-0.4, -0.2) is 22.3 Å². The third kappa shape index (κ3) is 3.84. The Hall–Kier alpha value is -3.45. The van der Waals surface area contributed by atoms with Gasteiger partial charge in [-0.05, 0) is 29.8 Å². The molecule has 0 radical (unpaired) electrons. The van der Waals surface area contributed by atoms with Crippen LogP contribution in [0.2, 0.25) is 0 Å². The Morgan fingerprint density at radius 1 is 1.00 bits per heavy atom. The summed E-state index contributed by atoms with van der Waals surface area (Å²) in [6, 6.07) is 23.5. The van der Waals surface area contributed by atoms with Crippen molar-refractivity contribution in [2.45, 2.75) is 17.5 Å². The molecule has 3 aromatic carbocycles. The number of para-hydroxylation sites is 2. The van der Waals surface area contributed by atoms with Gasteiger partial charge in [0.15, 0.2) is 16.7 Å². The maximum Gasteiger partial charge on any atom is 0.244 e. The van der Waals surface area contributed by atoms with Gasteiger partial charge in [-0.15, -0.1) is 0 Å². The van der Waals surface area contributed by atoms with Gasteiger partial charge in [0.05, 0.1) is 11.0 Å². The molecule has 30 heavy (non-hydrogen) atoms. The molecule has 1 N–H and O–H groups in total. The molecule has 0 spiro atoms. The predicted octanol–water partition coefficient (Wildman–Crippen LogP) is 4.70. The first-order valence-corrected chi connectivity index (χ1v) is 10.6. The topological polar surface area (TPSA) is 65.4 Å². The van der Waals surface area contributed by atoms with Crippen LogP contribution in [0.3, 0.4) is 0 Å². The van der Waals surface area contributed by atoms with Crippen LogP contribution in [0, 0.1) is 0 Å². The standard InChI is InChI=1S/C23H19N3O3S/c27-22(24-17-10-11-20-21(12-17)29-15-28-20)13-26-19-9-5-4-8-18(19)25-23(26)30-14-16-6-2-1-3-7-16/h1-12H,13-15H2,(H,24,27). The van der Waals surface area contributed by atoms with E-state index in [9.17, 15) is 4.79 Å². The highest BCUT2D eigenvalue weighted by molar-refractivity contribution is 7.98. The first-order valence-electron chi connectivity index (χ1n) is 9.58. The van der Waals surface area contributed by atoms with Crippen LogP contribution in [0.1, 0.15) is 5.56 Å². The SMILES string of the molecule is O=C(Cn1c(SCc2ccccc2)nc2ccccc21)Nc1ccc2c(c1)OCO2. The van der Waals surface area contributed by atoms with Gasteiger partial charge in [0.1, 0.15) is 6.54 Å². The molecule has 0 unspecified atom stereocenters. The summed E-state index contributed by atoms with van der Waals surface area (Å²) in [5.41, 5.74) is 3.70. The number of amides is 1. The van der Waals surface area contributed by atoms with E-state index in [0.717, 1.165) is 21.9 Å². The fraction of sp³-hybridized carbons (Fsp3) is 0.130. The number of rotatable bonds is 6. The molecule has 0 saturated heterocycles. The second kappa shape index (κ2) is 8.12. The van der Waals surface area contributed by atoms with Gasteiger partial charge in [-0.25, -0.2) is 4.98 Å². The van der Waals surface area contributed by atoms with E-state index < -0.39 is 0 Å². The van der Waals surface area contributed by atoms with Crippen molar-refractivity contribution in [2.24, 2.45) is 0 Å². The van der Waals surface area contributed by atoms with E-state index >= 15 is 0 Å². The molecule has 2 heterocycles. The lowest BCUT2D eigenvalue weighted by Crippen LogP contribution is -2.19. The van der Waals surface area contributed by atoms with Gasteiger partial charge in [0.25, 0.3) is 0 Å². The van der Waals surface area contributed by atoms with Crippen LogP contribution in [-0.2, 0) is 17.1 Å². The summed E-state index contributed by atoms with van der Waals surface area (Å²) in [5.74, 6) is 1.99. The van der Waals surface area contributed by atoms with Gasteiger partial charge in [0, 0.05) is 17.5 Å². The maximum absolute atomic E-state index is 12.8. The maximum atomic E-state index is 12.8. The van der Waals surface area contributed by atoms with Crippen molar-refractivity contribution in [1.82, 2.24) is 9.55 Å². The Balaban J connectivity index is 1.36. The minimum atomic E-state index is -0.126. The smallest absolute Gasteiger partial charge is 0.244 e. The summed E-state index contributed by atoms with van der Waals surface area (Å²) >= 11 is 1.63. The number of anilines is 1. The minimum Gasteiger partial charge on any atom is -0.454 e. The molecule has 0 saturated carbocycles. The van der Waals surface area contributed by atoms with Crippen LogP contribution in [0.5, 0.6) is 11.5 Å². The molecular formula is C23H19N3O3S. The molecule has 6 nitrogen and oxygen atoms in total. The number of hydrogen-bond donors (Lipinski definition) is 1. The molecular weight excluding hydrogens is 398 g/mol. The number of carbonyl (C=O) groups is 1. The van der Waals surface area contributed by atoms with Gasteiger partial charge >= 0.3 is 0 Å². The molecule has 7 heteroatoms. The molecule has 0 fully saturated rings. The minimum absolute atomic E-state index is 0.126. The summed E-state index contributed by atoms with van der Waals surface area (Å²) in [7, 11) is 0. The number of imidazole rings is 1. The molecule has 5 rings (SSSR count). The zero-order valence-corrected chi connectivity index (χ0v) is 16.9. The third-order valence-electron chi connectivity index (χ3n) is 4.79. The highest BCUT2D eigenvalue weighted by atomic mass is 32.2. The number of thioether (sulfide) groups is 1. The van der Waals surface area contributed by atoms with E-state index in [1.54, 1.807) is 23.9 Å².